The van der Waals surface area contributed by atoms with E-state index < -0.39 is 10.0 Å². The summed E-state index contributed by atoms with van der Waals surface area (Å²) in [5.74, 6) is -0.487. The van der Waals surface area contributed by atoms with Crippen molar-refractivity contribution < 1.29 is 22.3 Å². The number of rotatable bonds is 6. The van der Waals surface area contributed by atoms with Crippen LogP contribution in [-0.2, 0) is 10.0 Å². The summed E-state index contributed by atoms with van der Waals surface area (Å²) in [6, 6.07) is 11.1. The van der Waals surface area contributed by atoms with Crippen LogP contribution in [0.1, 0.15) is 55.3 Å². The van der Waals surface area contributed by atoms with E-state index >= 15 is 0 Å². The van der Waals surface area contributed by atoms with E-state index in [9.17, 15) is 17.6 Å². The molecule has 0 bridgehead atoms. The van der Waals surface area contributed by atoms with Crippen LogP contribution in [0.4, 0.5) is 4.39 Å². The lowest BCUT2D eigenvalue weighted by molar-refractivity contribution is 0.0595. The molecule has 5 rings (SSSR count). The van der Waals surface area contributed by atoms with Crippen molar-refractivity contribution in [1.29, 1.82) is 0 Å². The van der Waals surface area contributed by atoms with Gasteiger partial charge in [0.25, 0.3) is 11.1 Å². The van der Waals surface area contributed by atoms with Gasteiger partial charge in [0.1, 0.15) is 17.4 Å². The first kappa shape index (κ1) is 25.1. The van der Waals surface area contributed by atoms with E-state index in [1.54, 1.807) is 30.1 Å². The zero-order valence-corrected chi connectivity index (χ0v) is 21.9. The van der Waals surface area contributed by atoms with Gasteiger partial charge < -0.3 is 9.64 Å². The van der Waals surface area contributed by atoms with Crippen LogP contribution in [0.3, 0.4) is 0 Å². The molecule has 2 heterocycles. The Morgan fingerprint density at radius 3 is 2.42 bits per heavy atom. The van der Waals surface area contributed by atoms with Crippen molar-refractivity contribution in [3.63, 3.8) is 0 Å². The second kappa shape index (κ2) is 10.4. The van der Waals surface area contributed by atoms with Crippen molar-refractivity contribution >= 4 is 37.5 Å². The van der Waals surface area contributed by atoms with E-state index in [1.165, 1.54) is 33.8 Å². The van der Waals surface area contributed by atoms with Crippen LogP contribution in [-0.4, -0.2) is 60.8 Å². The molecule has 0 spiro atoms. The number of likely N-dealkylation sites (tertiary alicyclic amines) is 1. The molecule has 192 valence electrons. The summed E-state index contributed by atoms with van der Waals surface area (Å²) in [5.41, 5.74) is 0.788. The van der Waals surface area contributed by atoms with Gasteiger partial charge in [0.05, 0.1) is 9.60 Å². The van der Waals surface area contributed by atoms with Crippen molar-refractivity contribution in [2.24, 2.45) is 0 Å². The average Bonchev–Trinajstić information content (AvgIpc) is 3.33. The first-order chi connectivity index (χ1) is 17.3. The Bertz CT molecular complexity index is 1330. The highest BCUT2D eigenvalue weighted by Crippen LogP contribution is 2.31. The minimum absolute atomic E-state index is 0.0374. The zero-order valence-electron chi connectivity index (χ0n) is 20.2. The smallest absolute Gasteiger partial charge is 0.274 e. The van der Waals surface area contributed by atoms with E-state index in [-0.39, 0.29) is 28.8 Å². The molecule has 1 saturated carbocycles. The summed E-state index contributed by atoms with van der Waals surface area (Å²) in [5, 5.41) is 0.440. The van der Waals surface area contributed by atoms with Crippen LogP contribution < -0.4 is 4.74 Å². The topological polar surface area (TPSA) is 79.8 Å². The third-order valence-electron chi connectivity index (χ3n) is 7.21. The van der Waals surface area contributed by atoms with Gasteiger partial charge >= 0.3 is 0 Å². The number of halogens is 1. The summed E-state index contributed by atoms with van der Waals surface area (Å²) in [6.07, 6.45) is 6.24. The van der Waals surface area contributed by atoms with Crippen molar-refractivity contribution in [1.82, 2.24) is 14.2 Å². The van der Waals surface area contributed by atoms with Gasteiger partial charge in [-0.15, -0.1) is 0 Å². The Balaban J connectivity index is 1.18. The predicted octanol–water partition coefficient (Wildman–Crippen LogP) is 5.07. The number of carbonyl (C=O) groups excluding carboxylic acids is 1. The van der Waals surface area contributed by atoms with E-state index in [4.69, 9.17) is 4.74 Å². The summed E-state index contributed by atoms with van der Waals surface area (Å²) >= 11 is 1.32. The molecule has 36 heavy (non-hydrogen) atoms. The Morgan fingerprint density at radius 2 is 1.75 bits per heavy atom. The third-order valence-corrected chi connectivity index (χ3v) is 10.0. The number of hydrogen-bond acceptors (Lipinski definition) is 6. The minimum Gasteiger partial charge on any atom is -0.467 e. The predicted molar refractivity (Wildman–Crippen MR) is 137 cm³/mol. The number of fused-ring (bicyclic) bond motifs is 1. The van der Waals surface area contributed by atoms with Crippen molar-refractivity contribution in [3.05, 3.63) is 53.8 Å². The number of sulfonamides is 1. The van der Waals surface area contributed by atoms with Crippen molar-refractivity contribution in [2.75, 3.05) is 20.1 Å². The normalized spacial score (nSPS) is 18.1. The number of amides is 1. The van der Waals surface area contributed by atoms with Gasteiger partial charge in [-0.05, 0) is 49.2 Å². The van der Waals surface area contributed by atoms with Crippen molar-refractivity contribution in [3.8, 4) is 5.19 Å². The van der Waals surface area contributed by atoms with E-state index in [0.29, 0.717) is 42.2 Å². The standard InChI is InChI=1S/C26H30FN3O4S2/c1-29(19-6-3-2-4-7-19)36(32,33)21-12-10-18(11-13-21)25(31)30-16-14-20(15-17-30)34-26-28-24-22(27)8-5-9-23(24)35-26/h5,8-13,19-20H,2-4,6-7,14-17H2,1H3. The van der Waals surface area contributed by atoms with Crippen LogP contribution >= 0.6 is 11.3 Å². The highest BCUT2D eigenvalue weighted by Gasteiger charge is 2.30. The third kappa shape index (κ3) is 5.12. The van der Waals surface area contributed by atoms with E-state index in [1.807, 2.05) is 6.07 Å². The maximum atomic E-state index is 13.9. The Hall–Kier alpha value is -2.56. The Morgan fingerprint density at radius 1 is 1.06 bits per heavy atom. The molecule has 2 aliphatic rings. The number of benzene rings is 2. The first-order valence-electron chi connectivity index (χ1n) is 12.4. The molecule has 0 unspecified atom stereocenters. The highest BCUT2D eigenvalue weighted by atomic mass is 32.2. The number of ether oxygens (including phenoxy) is 1. The monoisotopic (exact) mass is 531 g/mol. The summed E-state index contributed by atoms with van der Waals surface area (Å²) in [4.78, 5) is 19.3. The fraction of sp³-hybridized carbons (Fsp3) is 0.462. The molecular weight excluding hydrogens is 501 g/mol. The molecule has 1 aliphatic heterocycles. The molecule has 10 heteroatoms. The van der Waals surface area contributed by atoms with Gasteiger partial charge in [-0.2, -0.15) is 9.29 Å². The molecule has 3 aromatic rings. The van der Waals surface area contributed by atoms with Gasteiger partial charge in [-0.3, -0.25) is 4.79 Å². The lowest BCUT2D eigenvalue weighted by Gasteiger charge is -2.32. The second-order valence-electron chi connectivity index (χ2n) is 9.51. The SMILES string of the molecule is CN(C1CCCCC1)S(=O)(=O)c1ccc(C(=O)N2CCC(Oc3nc4c(F)cccc4s3)CC2)cc1. The highest BCUT2D eigenvalue weighted by molar-refractivity contribution is 7.89. The molecule has 2 aromatic carbocycles. The fourth-order valence-electron chi connectivity index (χ4n) is 5.02. The Kier molecular flexibility index (Phi) is 7.28. The maximum absolute atomic E-state index is 13.9. The molecule has 0 N–H and O–H groups in total. The number of piperidine rings is 1. The van der Waals surface area contributed by atoms with E-state index in [2.05, 4.69) is 4.98 Å². The summed E-state index contributed by atoms with van der Waals surface area (Å²) in [6.45, 7) is 1.04. The number of para-hydroxylation sites is 1. The molecule has 1 aromatic heterocycles. The molecule has 0 radical (unpaired) electrons. The number of nitrogens with zero attached hydrogens (tertiary/aromatic N) is 3. The largest absolute Gasteiger partial charge is 0.467 e. The lowest BCUT2D eigenvalue weighted by Crippen LogP contribution is -2.41. The van der Waals surface area contributed by atoms with Crippen LogP contribution in [0.5, 0.6) is 5.19 Å². The quantitative estimate of drug-likeness (QED) is 0.444. The van der Waals surface area contributed by atoms with Gasteiger partial charge in [-0.25, -0.2) is 12.8 Å². The van der Waals surface area contributed by atoms with Gasteiger partial charge in [0, 0.05) is 44.6 Å². The molecule has 1 aliphatic carbocycles. The average molecular weight is 532 g/mol. The van der Waals surface area contributed by atoms with Gasteiger partial charge in [0.15, 0.2) is 0 Å². The molecule has 1 amide bonds. The van der Waals surface area contributed by atoms with Crippen LogP contribution in [0.2, 0.25) is 0 Å². The number of thiazole rings is 1. The van der Waals surface area contributed by atoms with Gasteiger partial charge in [0.2, 0.25) is 10.0 Å². The van der Waals surface area contributed by atoms with Crippen LogP contribution in [0, 0.1) is 5.82 Å². The van der Waals surface area contributed by atoms with Gasteiger partial charge in [-0.1, -0.05) is 36.7 Å². The number of aromatic nitrogens is 1. The van der Waals surface area contributed by atoms with Crippen molar-refractivity contribution in [2.45, 2.75) is 62.0 Å². The second-order valence-corrected chi connectivity index (χ2v) is 12.5. The maximum Gasteiger partial charge on any atom is 0.274 e. The molecule has 7 nitrogen and oxygen atoms in total. The zero-order chi connectivity index (χ0) is 25.3. The van der Waals surface area contributed by atoms with Crippen LogP contribution in [0.25, 0.3) is 10.2 Å². The first-order valence-corrected chi connectivity index (χ1v) is 14.7. The van der Waals surface area contributed by atoms with Crippen LogP contribution in [0.15, 0.2) is 47.4 Å². The molecule has 0 atom stereocenters. The molecule has 2 fully saturated rings. The summed E-state index contributed by atoms with van der Waals surface area (Å²) in [7, 11) is -1.94. The lowest BCUT2D eigenvalue weighted by atomic mass is 9.96. The number of hydrogen-bond donors (Lipinski definition) is 0. The molecule has 1 saturated heterocycles. The summed E-state index contributed by atoms with van der Waals surface area (Å²) < 4.78 is 48.3. The Labute approximate surface area is 214 Å². The van der Waals surface area contributed by atoms with E-state index in [0.717, 1.165) is 36.8 Å². The molecular formula is C26H30FN3O4S2. The number of carbonyl (C=O) groups is 1. The fourth-order valence-corrected chi connectivity index (χ4v) is 7.34. The minimum atomic E-state index is -3.59.